The average Bonchev–Trinajstić information content (AvgIpc) is 2.83. The van der Waals surface area contributed by atoms with Gasteiger partial charge in [0.2, 0.25) is 10.0 Å². The first-order valence-electron chi connectivity index (χ1n) is 6.05. The van der Waals surface area contributed by atoms with Gasteiger partial charge in [0, 0.05) is 19.2 Å². The highest BCUT2D eigenvalue weighted by Crippen LogP contribution is 2.26. The maximum Gasteiger partial charge on any atom is 0.244 e. The van der Waals surface area contributed by atoms with E-state index in [4.69, 9.17) is 21.3 Å². The summed E-state index contributed by atoms with van der Waals surface area (Å²) in [4.78, 5) is -0.0215. The Morgan fingerprint density at radius 1 is 1.38 bits per heavy atom. The van der Waals surface area contributed by atoms with Crippen LogP contribution in [0.15, 0.2) is 39.8 Å². The lowest BCUT2D eigenvalue weighted by molar-refractivity contribution is 0.459. The molecule has 1 aromatic carbocycles. The van der Waals surface area contributed by atoms with Gasteiger partial charge in [-0.1, -0.05) is 11.6 Å². The zero-order valence-electron chi connectivity index (χ0n) is 11.5. The second-order valence-corrected chi connectivity index (χ2v) is 6.94. The van der Waals surface area contributed by atoms with Crippen LogP contribution in [-0.4, -0.2) is 19.8 Å². The SMILES string of the molecule is Cc1occc1CN(C)S(=O)(=O)c1ccc(C#N)cc1Cl. The highest BCUT2D eigenvalue weighted by atomic mass is 35.5. The Morgan fingerprint density at radius 2 is 2.10 bits per heavy atom. The van der Waals surface area contributed by atoms with Crippen molar-refractivity contribution >= 4 is 21.6 Å². The van der Waals surface area contributed by atoms with E-state index >= 15 is 0 Å². The third-order valence-electron chi connectivity index (χ3n) is 3.11. The molecule has 0 saturated heterocycles. The zero-order valence-corrected chi connectivity index (χ0v) is 13.1. The molecule has 7 heteroatoms. The van der Waals surface area contributed by atoms with Gasteiger partial charge in [-0.15, -0.1) is 0 Å². The van der Waals surface area contributed by atoms with Crippen LogP contribution in [0.2, 0.25) is 5.02 Å². The van der Waals surface area contributed by atoms with Crippen molar-refractivity contribution in [1.29, 1.82) is 5.26 Å². The Hall–Kier alpha value is -1.81. The molecule has 1 aromatic heterocycles. The van der Waals surface area contributed by atoms with Gasteiger partial charge in [-0.3, -0.25) is 0 Å². The maximum atomic E-state index is 12.5. The van der Waals surface area contributed by atoms with E-state index in [0.29, 0.717) is 11.3 Å². The summed E-state index contributed by atoms with van der Waals surface area (Å²) in [6.07, 6.45) is 1.51. The number of benzene rings is 1. The lowest BCUT2D eigenvalue weighted by Crippen LogP contribution is -2.26. The van der Waals surface area contributed by atoms with E-state index in [0.717, 1.165) is 5.56 Å². The Morgan fingerprint density at radius 3 is 2.62 bits per heavy atom. The molecule has 0 aliphatic rings. The van der Waals surface area contributed by atoms with Crippen LogP contribution in [-0.2, 0) is 16.6 Å². The molecule has 0 N–H and O–H groups in total. The molecule has 0 fully saturated rings. The fourth-order valence-corrected chi connectivity index (χ4v) is 3.51. The first-order chi connectivity index (χ1) is 9.86. The monoisotopic (exact) mass is 324 g/mol. The van der Waals surface area contributed by atoms with Crippen LogP contribution in [0.5, 0.6) is 0 Å². The third-order valence-corrected chi connectivity index (χ3v) is 5.39. The molecule has 1 heterocycles. The number of halogens is 1. The zero-order chi connectivity index (χ0) is 15.6. The Bertz CT molecular complexity index is 806. The minimum absolute atomic E-state index is 0.0215. The highest BCUT2D eigenvalue weighted by molar-refractivity contribution is 7.89. The second kappa shape index (κ2) is 5.90. The summed E-state index contributed by atoms with van der Waals surface area (Å²) in [5, 5.41) is 8.82. The van der Waals surface area contributed by atoms with Crippen molar-refractivity contribution in [3.8, 4) is 6.07 Å². The average molecular weight is 325 g/mol. The van der Waals surface area contributed by atoms with E-state index in [1.165, 1.54) is 35.8 Å². The molecule has 21 heavy (non-hydrogen) atoms. The first-order valence-corrected chi connectivity index (χ1v) is 7.87. The van der Waals surface area contributed by atoms with E-state index in [1.807, 2.05) is 6.07 Å². The number of nitrogens with zero attached hydrogens (tertiary/aromatic N) is 2. The standard InChI is InChI=1S/C14H13ClN2O3S/c1-10-12(5-6-20-10)9-17(2)21(18,19)14-4-3-11(8-16)7-13(14)15/h3-7H,9H2,1-2H3. The van der Waals surface area contributed by atoms with Crippen molar-refractivity contribution in [2.45, 2.75) is 18.4 Å². The van der Waals surface area contributed by atoms with Crippen molar-refractivity contribution in [3.63, 3.8) is 0 Å². The molecule has 0 spiro atoms. The van der Waals surface area contributed by atoms with Crippen molar-refractivity contribution in [2.24, 2.45) is 0 Å². The quantitative estimate of drug-likeness (QED) is 0.866. The normalized spacial score (nSPS) is 11.6. The van der Waals surface area contributed by atoms with Crippen LogP contribution in [0, 0.1) is 18.3 Å². The molecule has 110 valence electrons. The minimum atomic E-state index is -3.74. The third kappa shape index (κ3) is 3.10. The highest BCUT2D eigenvalue weighted by Gasteiger charge is 2.24. The molecule has 0 atom stereocenters. The number of hydrogen-bond donors (Lipinski definition) is 0. The molecule has 2 rings (SSSR count). The van der Waals surface area contributed by atoms with Gasteiger partial charge >= 0.3 is 0 Å². The maximum absolute atomic E-state index is 12.5. The summed E-state index contributed by atoms with van der Waals surface area (Å²) in [5.74, 6) is 0.669. The van der Waals surface area contributed by atoms with E-state index in [9.17, 15) is 8.42 Å². The summed E-state index contributed by atoms with van der Waals surface area (Å²) in [6, 6.07) is 7.75. The van der Waals surface area contributed by atoms with Gasteiger partial charge in [0.25, 0.3) is 0 Å². The molecule has 0 radical (unpaired) electrons. The van der Waals surface area contributed by atoms with E-state index in [-0.39, 0.29) is 16.5 Å². The van der Waals surface area contributed by atoms with Gasteiger partial charge in [-0.25, -0.2) is 8.42 Å². The summed E-state index contributed by atoms with van der Waals surface area (Å²) in [5.41, 5.74) is 1.10. The predicted octanol–water partition coefficient (Wildman–Crippen LogP) is 2.93. The van der Waals surface area contributed by atoms with Gasteiger partial charge in [0.05, 0.1) is 22.9 Å². The number of hydrogen-bond acceptors (Lipinski definition) is 4. The van der Waals surface area contributed by atoms with Crippen LogP contribution >= 0.6 is 11.6 Å². The minimum Gasteiger partial charge on any atom is -0.469 e. The lowest BCUT2D eigenvalue weighted by atomic mass is 10.2. The summed E-state index contributed by atoms with van der Waals surface area (Å²) in [7, 11) is -2.27. The van der Waals surface area contributed by atoms with Crippen LogP contribution in [0.25, 0.3) is 0 Å². The van der Waals surface area contributed by atoms with E-state index in [2.05, 4.69) is 0 Å². The molecule has 2 aromatic rings. The molecular formula is C14H13ClN2O3S. The van der Waals surface area contributed by atoms with Crippen LogP contribution in [0.1, 0.15) is 16.9 Å². The predicted molar refractivity (Wildman–Crippen MR) is 78.3 cm³/mol. The Labute approximate surface area is 128 Å². The van der Waals surface area contributed by atoms with Crippen LogP contribution < -0.4 is 0 Å². The van der Waals surface area contributed by atoms with Gasteiger partial charge < -0.3 is 4.42 Å². The van der Waals surface area contributed by atoms with Gasteiger partial charge in [0.15, 0.2) is 0 Å². The fraction of sp³-hybridized carbons (Fsp3) is 0.214. The largest absolute Gasteiger partial charge is 0.469 e. The molecule has 0 aliphatic carbocycles. The van der Waals surface area contributed by atoms with E-state index in [1.54, 1.807) is 13.0 Å². The number of furan rings is 1. The number of nitriles is 1. The lowest BCUT2D eigenvalue weighted by Gasteiger charge is -2.17. The number of rotatable bonds is 4. The van der Waals surface area contributed by atoms with Gasteiger partial charge in [0.1, 0.15) is 10.7 Å². The molecule has 0 bridgehead atoms. The Kier molecular flexibility index (Phi) is 4.37. The van der Waals surface area contributed by atoms with Crippen LogP contribution in [0.3, 0.4) is 0 Å². The summed E-state index contributed by atoms with van der Waals surface area (Å²) < 4.78 is 31.4. The van der Waals surface area contributed by atoms with Crippen LogP contribution in [0.4, 0.5) is 0 Å². The topological polar surface area (TPSA) is 74.3 Å². The second-order valence-electron chi connectivity index (χ2n) is 4.52. The van der Waals surface area contributed by atoms with Gasteiger partial charge in [-0.2, -0.15) is 9.57 Å². The number of aryl methyl sites for hydroxylation is 1. The summed E-state index contributed by atoms with van der Waals surface area (Å²) >= 11 is 5.97. The van der Waals surface area contributed by atoms with Crippen molar-refractivity contribution < 1.29 is 12.8 Å². The molecule has 0 amide bonds. The van der Waals surface area contributed by atoms with Gasteiger partial charge in [-0.05, 0) is 31.2 Å². The molecule has 5 nitrogen and oxygen atoms in total. The smallest absolute Gasteiger partial charge is 0.244 e. The molecule has 0 aliphatic heterocycles. The van der Waals surface area contributed by atoms with Crippen molar-refractivity contribution in [1.82, 2.24) is 4.31 Å². The molecular weight excluding hydrogens is 312 g/mol. The summed E-state index contributed by atoms with van der Waals surface area (Å²) in [6.45, 7) is 1.95. The molecule has 0 unspecified atom stereocenters. The fourth-order valence-electron chi connectivity index (χ4n) is 1.85. The number of sulfonamides is 1. The van der Waals surface area contributed by atoms with E-state index < -0.39 is 10.0 Å². The van der Waals surface area contributed by atoms with Crippen molar-refractivity contribution in [2.75, 3.05) is 7.05 Å². The molecule has 0 saturated carbocycles. The first kappa shape index (κ1) is 15.6. The Balaban J connectivity index is 2.34. The van der Waals surface area contributed by atoms with Crippen molar-refractivity contribution in [3.05, 3.63) is 52.4 Å².